The lowest BCUT2D eigenvalue weighted by molar-refractivity contribution is -0.137. The molecule has 1 aromatic rings. The van der Waals surface area contributed by atoms with Crippen molar-refractivity contribution >= 4 is 5.97 Å². The first kappa shape index (κ1) is 15.0. The van der Waals surface area contributed by atoms with Gasteiger partial charge >= 0.3 is 5.97 Å². The molecular formula is C17H25NO2. The van der Waals surface area contributed by atoms with Crippen LogP contribution in [0.3, 0.4) is 0 Å². The number of carboxylic acid groups (broad SMARTS) is 1. The Hall–Kier alpha value is -1.35. The zero-order valence-corrected chi connectivity index (χ0v) is 12.5. The van der Waals surface area contributed by atoms with Crippen molar-refractivity contribution in [2.45, 2.75) is 64.5 Å². The number of aliphatic carboxylic acids is 1. The first-order valence-corrected chi connectivity index (χ1v) is 7.58. The van der Waals surface area contributed by atoms with Gasteiger partial charge in [0.05, 0.1) is 6.42 Å². The minimum atomic E-state index is -0.718. The number of hydrogen-bond acceptors (Lipinski definition) is 2. The number of carbonyl (C=O) groups is 1. The Bertz CT molecular complexity index is 464. The molecule has 1 aromatic carbocycles. The number of rotatable bonds is 6. The average Bonchev–Trinajstić information content (AvgIpc) is 2.86. The van der Waals surface area contributed by atoms with Crippen molar-refractivity contribution in [3.8, 4) is 0 Å². The van der Waals surface area contributed by atoms with Gasteiger partial charge in [0, 0.05) is 12.1 Å². The molecule has 1 saturated carbocycles. The third-order valence-corrected chi connectivity index (χ3v) is 4.30. The fraction of sp³-hybridized carbons (Fsp3) is 0.588. The molecule has 0 amide bonds. The van der Waals surface area contributed by atoms with Crippen LogP contribution in [-0.2, 0) is 11.2 Å². The van der Waals surface area contributed by atoms with Crippen molar-refractivity contribution in [2.24, 2.45) is 0 Å². The van der Waals surface area contributed by atoms with Gasteiger partial charge in [0.1, 0.15) is 0 Å². The van der Waals surface area contributed by atoms with E-state index in [1.807, 2.05) is 0 Å². The molecule has 2 N–H and O–H groups in total. The summed E-state index contributed by atoms with van der Waals surface area (Å²) in [6.45, 7) is 4.21. The van der Waals surface area contributed by atoms with Gasteiger partial charge in [0.2, 0.25) is 0 Å². The molecule has 0 saturated heterocycles. The van der Waals surface area contributed by atoms with E-state index < -0.39 is 5.97 Å². The van der Waals surface area contributed by atoms with E-state index in [0.29, 0.717) is 6.04 Å². The zero-order chi connectivity index (χ0) is 14.5. The molecule has 110 valence electrons. The summed E-state index contributed by atoms with van der Waals surface area (Å²) >= 11 is 0. The van der Waals surface area contributed by atoms with Gasteiger partial charge in [0.15, 0.2) is 0 Å². The molecule has 3 heteroatoms. The Morgan fingerprint density at radius 1 is 1.30 bits per heavy atom. The van der Waals surface area contributed by atoms with Crippen molar-refractivity contribution in [1.29, 1.82) is 0 Å². The van der Waals surface area contributed by atoms with Crippen LogP contribution in [0, 0.1) is 13.8 Å². The van der Waals surface area contributed by atoms with E-state index in [0.717, 1.165) is 6.42 Å². The fourth-order valence-corrected chi connectivity index (χ4v) is 3.04. The standard InChI is InChI=1S/C17H25NO2/c1-12-7-8-14(9-13(12)2)10-16(11-17(19)20)18-15-5-3-4-6-15/h7-9,15-16,18H,3-6,10-11H2,1-2H3,(H,19,20). The van der Waals surface area contributed by atoms with Crippen LogP contribution in [0.4, 0.5) is 0 Å². The second-order valence-electron chi connectivity index (χ2n) is 6.07. The summed E-state index contributed by atoms with van der Waals surface area (Å²) in [5, 5.41) is 12.6. The Balaban J connectivity index is 2.01. The van der Waals surface area contributed by atoms with Crippen molar-refractivity contribution < 1.29 is 9.90 Å². The molecule has 1 unspecified atom stereocenters. The Labute approximate surface area is 121 Å². The van der Waals surface area contributed by atoms with Crippen LogP contribution in [0.2, 0.25) is 0 Å². The van der Waals surface area contributed by atoms with E-state index >= 15 is 0 Å². The third kappa shape index (κ3) is 4.34. The maximum atomic E-state index is 11.1. The molecule has 2 rings (SSSR count). The van der Waals surface area contributed by atoms with E-state index in [1.54, 1.807) is 0 Å². The second kappa shape index (κ2) is 6.89. The molecule has 0 aliphatic heterocycles. The highest BCUT2D eigenvalue weighted by molar-refractivity contribution is 5.67. The van der Waals surface area contributed by atoms with Crippen molar-refractivity contribution in [3.63, 3.8) is 0 Å². The summed E-state index contributed by atoms with van der Waals surface area (Å²) in [4.78, 5) is 11.1. The Morgan fingerprint density at radius 3 is 2.60 bits per heavy atom. The first-order chi connectivity index (χ1) is 9.54. The van der Waals surface area contributed by atoms with Crippen LogP contribution in [0.1, 0.15) is 48.8 Å². The minimum Gasteiger partial charge on any atom is -0.481 e. The normalized spacial score (nSPS) is 17.3. The van der Waals surface area contributed by atoms with Gasteiger partial charge in [-0.05, 0) is 49.8 Å². The summed E-state index contributed by atoms with van der Waals surface area (Å²) in [7, 11) is 0. The molecule has 1 atom stereocenters. The lowest BCUT2D eigenvalue weighted by Gasteiger charge is -2.22. The molecule has 1 aliphatic rings. The van der Waals surface area contributed by atoms with Crippen LogP contribution in [0.5, 0.6) is 0 Å². The smallest absolute Gasteiger partial charge is 0.304 e. The number of nitrogens with one attached hydrogen (secondary N) is 1. The van der Waals surface area contributed by atoms with Crippen molar-refractivity contribution in [2.75, 3.05) is 0 Å². The summed E-state index contributed by atoms with van der Waals surface area (Å²) in [6, 6.07) is 6.97. The van der Waals surface area contributed by atoms with E-state index in [-0.39, 0.29) is 12.5 Å². The number of hydrogen-bond donors (Lipinski definition) is 2. The number of aryl methyl sites for hydroxylation is 2. The SMILES string of the molecule is Cc1ccc(CC(CC(=O)O)NC2CCCC2)cc1C. The molecule has 0 spiro atoms. The van der Waals surface area contributed by atoms with Gasteiger partial charge in [-0.3, -0.25) is 4.79 Å². The quantitative estimate of drug-likeness (QED) is 0.838. The summed E-state index contributed by atoms with van der Waals surface area (Å²) in [5.41, 5.74) is 3.79. The topological polar surface area (TPSA) is 49.3 Å². The molecule has 0 radical (unpaired) electrons. The highest BCUT2D eigenvalue weighted by Gasteiger charge is 2.21. The fourth-order valence-electron chi connectivity index (χ4n) is 3.04. The summed E-state index contributed by atoms with van der Waals surface area (Å²) < 4.78 is 0. The van der Waals surface area contributed by atoms with Crippen LogP contribution < -0.4 is 5.32 Å². The van der Waals surface area contributed by atoms with E-state index in [1.165, 1.54) is 42.4 Å². The van der Waals surface area contributed by atoms with Gasteiger partial charge in [-0.2, -0.15) is 0 Å². The molecular weight excluding hydrogens is 250 g/mol. The Kier molecular flexibility index (Phi) is 5.18. The molecule has 0 aromatic heterocycles. The van der Waals surface area contributed by atoms with E-state index in [2.05, 4.69) is 37.4 Å². The molecule has 1 aliphatic carbocycles. The predicted octanol–water partition coefficient (Wildman–Crippen LogP) is 3.22. The molecule has 20 heavy (non-hydrogen) atoms. The molecule has 0 heterocycles. The van der Waals surface area contributed by atoms with E-state index in [9.17, 15) is 4.79 Å². The molecule has 0 bridgehead atoms. The minimum absolute atomic E-state index is 0.0395. The van der Waals surface area contributed by atoms with Crippen LogP contribution in [-0.4, -0.2) is 23.2 Å². The van der Waals surface area contributed by atoms with Gasteiger partial charge < -0.3 is 10.4 Å². The number of benzene rings is 1. The van der Waals surface area contributed by atoms with Crippen LogP contribution in [0.25, 0.3) is 0 Å². The molecule has 1 fully saturated rings. The maximum Gasteiger partial charge on any atom is 0.304 e. The summed E-state index contributed by atoms with van der Waals surface area (Å²) in [6.07, 6.45) is 5.89. The largest absolute Gasteiger partial charge is 0.481 e. The lowest BCUT2D eigenvalue weighted by Crippen LogP contribution is -2.39. The van der Waals surface area contributed by atoms with E-state index in [4.69, 9.17) is 5.11 Å². The van der Waals surface area contributed by atoms with Gasteiger partial charge in [-0.1, -0.05) is 31.0 Å². The van der Waals surface area contributed by atoms with Gasteiger partial charge in [-0.15, -0.1) is 0 Å². The number of carboxylic acids is 1. The van der Waals surface area contributed by atoms with Gasteiger partial charge in [-0.25, -0.2) is 0 Å². The maximum absolute atomic E-state index is 11.1. The average molecular weight is 275 g/mol. The van der Waals surface area contributed by atoms with Crippen LogP contribution >= 0.6 is 0 Å². The first-order valence-electron chi connectivity index (χ1n) is 7.58. The lowest BCUT2D eigenvalue weighted by atomic mass is 9.98. The van der Waals surface area contributed by atoms with Crippen molar-refractivity contribution in [1.82, 2.24) is 5.32 Å². The highest BCUT2D eigenvalue weighted by Crippen LogP contribution is 2.20. The highest BCUT2D eigenvalue weighted by atomic mass is 16.4. The van der Waals surface area contributed by atoms with Crippen molar-refractivity contribution in [3.05, 3.63) is 34.9 Å². The molecule has 3 nitrogen and oxygen atoms in total. The third-order valence-electron chi connectivity index (χ3n) is 4.30. The second-order valence-corrected chi connectivity index (χ2v) is 6.07. The van der Waals surface area contributed by atoms with Gasteiger partial charge in [0.25, 0.3) is 0 Å². The summed E-state index contributed by atoms with van der Waals surface area (Å²) in [5.74, 6) is -0.718. The predicted molar refractivity (Wildman–Crippen MR) is 81.1 cm³/mol. The monoisotopic (exact) mass is 275 g/mol. The van der Waals surface area contributed by atoms with Crippen LogP contribution in [0.15, 0.2) is 18.2 Å². The Morgan fingerprint density at radius 2 is 2.00 bits per heavy atom. The zero-order valence-electron chi connectivity index (χ0n) is 12.5.